The van der Waals surface area contributed by atoms with Crippen LogP contribution in [-0.4, -0.2) is 10.1 Å². The van der Waals surface area contributed by atoms with Crippen LogP contribution in [0.15, 0.2) is 47.1 Å². The number of hydrogen-bond acceptors (Lipinski definition) is 5. The fourth-order valence-corrected chi connectivity index (χ4v) is 2.47. The van der Waals surface area contributed by atoms with Gasteiger partial charge in [0.2, 0.25) is 0 Å². The molecule has 0 aliphatic carbocycles. The van der Waals surface area contributed by atoms with Crippen LogP contribution in [0.1, 0.15) is 10.6 Å². The number of aromatic nitrogens is 2. The van der Waals surface area contributed by atoms with Crippen molar-refractivity contribution in [1.82, 2.24) is 10.1 Å². The lowest BCUT2D eigenvalue weighted by molar-refractivity contribution is -0.134. The first-order chi connectivity index (χ1) is 10.5. The Hall–Kier alpha value is -2.35. The van der Waals surface area contributed by atoms with Crippen molar-refractivity contribution in [3.05, 3.63) is 53.2 Å². The van der Waals surface area contributed by atoms with Gasteiger partial charge in [0, 0.05) is 11.6 Å². The van der Waals surface area contributed by atoms with Gasteiger partial charge in [-0.25, -0.2) is 4.98 Å². The summed E-state index contributed by atoms with van der Waals surface area (Å²) in [6, 6.07) is 11.2. The number of anilines is 1. The first-order valence-electron chi connectivity index (χ1n) is 6.30. The fraction of sp³-hybridized carbons (Fsp3) is 0.143. The van der Waals surface area contributed by atoms with Crippen molar-refractivity contribution in [2.45, 2.75) is 12.7 Å². The smallest absolute Gasteiger partial charge is 0.356 e. The molecule has 0 bridgehead atoms. The summed E-state index contributed by atoms with van der Waals surface area (Å²) < 4.78 is 42.6. The zero-order chi connectivity index (χ0) is 15.6. The van der Waals surface area contributed by atoms with Gasteiger partial charge in [0.05, 0.1) is 12.7 Å². The monoisotopic (exact) mass is 325 g/mol. The largest absolute Gasteiger partial charge is 0.427 e. The summed E-state index contributed by atoms with van der Waals surface area (Å²) >= 11 is 0.557. The molecule has 0 unspecified atom stereocenters. The van der Waals surface area contributed by atoms with E-state index in [1.807, 2.05) is 30.3 Å². The second kappa shape index (κ2) is 5.80. The summed E-state index contributed by atoms with van der Waals surface area (Å²) in [4.78, 5) is 2.96. The molecule has 8 heteroatoms. The van der Waals surface area contributed by atoms with Gasteiger partial charge >= 0.3 is 6.18 Å². The molecular weight excluding hydrogens is 315 g/mol. The third-order valence-electron chi connectivity index (χ3n) is 2.82. The van der Waals surface area contributed by atoms with E-state index >= 15 is 0 Å². The maximum atomic E-state index is 12.5. The quantitative estimate of drug-likeness (QED) is 0.771. The van der Waals surface area contributed by atoms with Crippen molar-refractivity contribution in [2.75, 3.05) is 5.32 Å². The molecule has 3 rings (SSSR count). The standard InChI is InChI=1S/C14H10F3N3OS/c15-14(16,17)12-8-19-13(22-12)18-7-10-6-11(21-20-10)9-4-2-1-3-5-9/h1-6,8H,7H2,(H,18,19). The van der Waals surface area contributed by atoms with Crippen molar-refractivity contribution in [3.8, 4) is 11.3 Å². The topological polar surface area (TPSA) is 51.0 Å². The molecule has 4 nitrogen and oxygen atoms in total. The molecule has 114 valence electrons. The van der Waals surface area contributed by atoms with Gasteiger partial charge in [-0.1, -0.05) is 46.8 Å². The molecule has 1 aromatic carbocycles. The van der Waals surface area contributed by atoms with Crippen LogP contribution in [0.3, 0.4) is 0 Å². The molecule has 0 aliphatic rings. The average molecular weight is 325 g/mol. The summed E-state index contributed by atoms with van der Waals surface area (Å²) in [5, 5.41) is 6.87. The number of hydrogen-bond donors (Lipinski definition) is 1. The second-order valence-corrected chi connectivity index (χ2v) is 5.46. The van der Waals surface area contributed by atoms with Crippen molar-refractivity contribution >= 4 is 16.5 Å². The number of alkyl halides is 3. The van der Waals surface area contributed by atoms with Gasteiger partial charge in [-0.3, -0.25) is 0 Å². The van der Waals surface area contributed by atoms with Crippen LogP contribution in [0.5, 0.6) is 0 Å². The van der Waals surface area contributed by atoms with Crippen molar-refractivity contribution in [3.63, 3.8) is 0 Å². The molecule has 0 saturated heterocycles. The highest BCUT2D eigenvalue weighted by Gasteiger charge is 2.33. The van der Waals surface area contributed by atoms with Gasteiger partial charge < -0.3 is 9.84 Å². The minimum Gasteiger partial charge on any atom is -0.356 e. The van der Waals surface area contributed by atoms with Crippen molar-refractivity contribution < 1.29 is 17.7 Å². The Labute approximate surface area is 127 Å². The van der Waals surface area contributed by atoms with E-state index in [1.54, 1.807) is 6.07 Å². The van der Waals surface area contributed by atoms with Crippen LogP contribution in [-0.2, 0) is 12.7 Å². The number of rotatable bonds is 4. The van der Waals surface area contributed by atoms with E-state index < -0.39 is 11.1 Å². The fourth-order valence-electron chi connectivity index (χ4n) is 1.79. The van der Waals surface area contributed by atoms with E-state index in [-0.39, 0.29) is 11.7 Å². The van der Waals surface area contributed by atoms with Gasteiger partial charge in [-0.15, -0.1) is 0 Å². The minimum absolute atomic E-state index is 0.191. The number of benzene rings is 1. The predicted molar refractivity (Wildman–Crippen MR) is 76.4 cm³/mol. The highest BCUT2D eigenvalue weighted by Crippen LogP contribution is 2.35. The molecule has 0 saturated carbocycles. The van der Waals surface area contributed by atoms with E-state index in [0.29, 0.717) is 22.8 Å². The Kier molecular flexibility index (Phi) is 3.84. The summed E-state index contributed by atoms with van der Waals surface area (Å²) in [6.07, 6.45) is -3.56. The molecule has 1 N–H and O–H groups in total. The molecule has 2 aromatic heterocycles. The summed E-state index contributed by atoms with van der Waals surface area (Å²) in [5.41, 5.74) is 1.47. The van der Waals surface area contributed by atoms with Crippen LogP contribution in [0.2, 0.25) is 0 Å². The lowest BCUT2D eigenvalue weighted by atomic mass is 10.2. The number of thiazole rings is 1. The number of nitrogens with one attached hydrogen (secondary N) is 1. The maximum absolute atomic E-state index is 12.5. The Morgan fingerprint density at radius 3 is 2.64 bits per heavy atom. The van der Waals surface area contributed by atoms with Crippen LogP contribution >= 0.6 is 11.3 Å². The normalized spacial score (nSPS) is 11.6. The van der Waals surface area contributed by atoms with Gasteiger partial charge in [0.25, 0.3) is 0 Å². The molecule has 0 atom stereocenters. The lowest BCUT2D eigenvalue weighted by Gasteiger charge is -2.00. The number of nitrogens with zero attached hydrogens (tertiary/aromatic N) is 2. The first kappa shape index (κ1) is 14.6. The third kappa shape index (κ3) is 3.28. The molecule has 3 aromatic rings. The van der Waals surface area contributed by atoms with E-state index in [0.717, 1.165) is 11.8 Å². The van der Waals surface area contributed by atoms with Gasteiger partial charge in [-0.2, -0.15) is 13.2 Å². The van der Waals surface area contributed by atoms with Crippen LogP contribution < -0.4 is 5.32 Å². The molecule has 0 amide bonds. The van der Waals surface area contributed by atoms with E-state index in [1.165, 1.54) is 0 Å². The van der Waals surface area contributed by atoms with E-state index in [4.69, 9.17) is 4.52 Å². The molecule has 0 radical (unpaired) electrons. The summed E-state index contributed by atoms with van der Waals surface area (Å²) in [7, 11) is 0. The van der Waals surface area contributed by atoms with E-state index in [2.05, 4.69) is 15.5 Å². The van der Waals surface area contributed by atoms with Crippen LogP contribution in [0.4, 0.5) is 18.3 Å². The zero-order valence-corrected chi connectivity index (χ0v) is 11.9. The SMILES string of the molecule is FC(F)(F)c1cnc(NCc2cc(-c3ccccc3)on2)s1. The Morgan fingerprint density at radius 1 is 1.18 bits per heavy atom. The maximum Gasteiger partial charge on any atom is 0.427 e. The molecule has 0 aliphatic heterocycles. The van der Waals surface area contributed by atoms with Gasteiger partial charge in [0.15, 0.2) is 10.9 Å². The molecule has 0 fully saturated rings. The molecular formula is C14H10F3N3OS. The Bertz CT molecular complexity index is 752. The average Bonchev–Trinajstić information content (AvgIpc) is 3.15. The third-order valence-corrected chi connectivity index (χ3v) is 3.82. The molecule has 22 heavy (non-hydrogen) atoms. The van der Waals surface area contributed by atoms with Gasteiger partial charge in [0.1, 0.15) is 10.6 Å². The summed E-state index contributed by atoms with van der Waals surface area (Å²) in [5.74, 6) is 0.604. The van der Waals surface area contributed by atoms with Crippen molar-refractivity contribution in [1.29, 1.82) is 0 Å². The number of halogens is 3. The molecule has 0 spiro atoms. The van der Waals surface area contributed by atoms with E-state index in [9.17, 15) is 13.2 Å². The highest BCUT2D eigenvalue weighted by atomic mass is 32.1. The molecule has 2 heterocycles. The lowest BCUT2D eigenvalue weighted by Crippen LogP contribution is -2.00. The van der Waals surface area contributed by atoms with Crippen molar-refractivity contribution in [2.24, 2.45) is 0 Å². The Balaban J connectivity index is 1.65. The van der Waals surface area contributed by atoms with Crippen LogP contribution in [0.25, 0.3) is 11.3 Å². The predicted octanol–water partition coefficient (Wildman–Crippen LogP) is 4.43. The highest BCUT2D eigenvalue weighted by molar-refractivity contribution is 7.15. The van der Waals surface area contributed by atoms with Crippen LogP contribution in [0, 0.1) is 0 Å². The summed E-state index contributed by atoms with van der Waals surface area (Å²) in [6.45, 7) is 0.237. The Morgan fingerprint density at radius 2 is 1.95 bits per heavy atom. The zero-order valence-electron chi connectivity index (χ0n) is 11.1. The van der Waals surface area contributed by atoms with Gasteiger partial charge in [-0.05, 0) is 0 Å². The second-order valence-electron chi connectivity index (χ2n) is 4.43. The first-order valence-corrected chi connectivity index (χ1v) is 7.12. The minimum atomic E-state index is -4.37.